The standard InChI is InChI=1S/C22H24Br2N4O4S/c1-12-4-5-13(2)17(8-12)25-18(29)6-7-19(30)27-28-22(33)26-20(31)11-32-21-14(3)9-15(23)10-16(21)24/h4-5,8-10H,6-7,11H2,1-3H3,(H,25,29)(H,27,30)(H2,26,28,31,33). The van der Waals surface area contributed by atoms with Gasteiger partial charge in [0.15, 0.2) is 11.7 Å². The fraction of sp³-hybridized carbons (Fsp3) is 0.273. The molecule has 0 spiro atoms. The van der Waals surface area contributed by atoms with Crippen molar-refractivity contribution >= 4 is 72.6 Å². The van der Waals surface area contributed by atoms with E-state index in [0.29, 0.717) is 10.2 Å². The second kappa shape index (κ2) is 12.7. The summed E-state index contributed by atoms with van der Waals surface area (Å²) in [7, 11) is 0. The van der Waals surface area contributed by atoms with Crippen LogP contribution < -0.4 is 26.2 Å². The van der Waals surface area contributed by atoms with Gasteiger partial charge in [-0.15, -0.1) is 0 Å². The highest BCUT2D eigenvalue weighted by Gasteiger charge is 2.12. The van der Waals surface area contributed by atoms with Crippen molar-refractivity contribution in [2.45, 2.75) is 33.6 Å². The number of ether oxygens (including phenoxy) is 1. The van der Waals surface area contributed by atoms with E-state index < -0.39 is 11.8 Å². The van der Waals surface area contributed by atoms with Gasteiger partial charge in [0.25, 0.3) is 5.91 Å². The van der Waals surface area contributed by atoms with Gasteiger partial charge in [0.1, 0.15) is 5.75 Å². The lowest BCUT2D eigenvalue weighted by Gasteiger charge is -2.13. The smallest absolute Gasteiger partial charge is 0.264 e. The van der Waals surface area contributed by atoms with Crippen molar-refractivity contribution in [1.29, 1.82) is 0 Å². The maximum Gasteiger partial charge on any atom is 0.264 e. The zero-order valence-electron chi connectivity index (χ0n) is 18.3. The van der Waals surface area contributed by atoms with E-state index in [9.17, 15) is 14.4 Å². The van der Waals surface area contributed by atoms with Gasteiger partial charge in [-0.3, -0.25) is 30.6 Å². The van der Waals surface area contributed by atoms with Crippen molar-refractivity contribution in [1.82, 2.24) is 16.2 Å². The minimum Gasteiger partial charge on any atom is -0.482 e. The molecule has 2 rings (SSSR count). The average Bonchev–Trinajstić information content (AvgIpc) is 2.72. The Morgan fingerprint density at radius 1 is 0.909 bits per heavy atom. The largest absolute Gasteiger partial charge is 0.482 e. The number of thiocarbonyl (C=S) groups is 1. The molecule has 0 unspecified atom stereocenters. The Morgan fingerprint density at radius 3 is 2.30 bits per heavy atom. The molecule has 0 aliphatic rings. The van der Waals surface area contributed by atoms with Crippen LogP contribution in [0.2, 0.25) is 0 Å². The second-order valence-corrected chi connectivity index (χ2v) is 9.42. The maximum atomic E-state index is 12.1. The molecule has 0 aliphatic carbocycles. The minimum atomic E-state index is -0.496. The first kappa shape index (κ1) is 26.7. The summed E-state index contributed by atoms with van der Waals surface area (Å²) in [6.45, 7) is 5.41. The van der Waals surface area contributed by atoms with E-state index in [2.05, 4.69) is 53.3 Å². The van der Waals surface area contributed by atoms with Crippen molar-refractivity contribution in [2.75, 3.05) is 11.9 Å². The third-order valence-corrected chi connectivity index (χ3v) is 5.61. The number of amides is 3. The fourth-order valence-corrected chi connectivity index (χ4v) is 4.42. The number of halogens is 2. The molecule has 0 aliphatic heterocycles. The quantitative estimate of drug-likeness (QED) is 0.283. The first-order valence-electron chi connectivity index (χ1n) is 9.89. The van der Waals surface area contributed by atoms with Gasteiger partial charge in [-0.1, -0.05) is 28.1 Å². The number of carbonyl (C=O) groups excluding carboxylic acids is 3. The summed E-state index contributed by atoms with van der Waals surface area (Å²) in [5.74, 6) is -0.682. The molecule has 3 amide bonds. The zero-order valence-corrected chi connectivity index (χ0v) is 22.3. The Kier molecular flexibility index (Phi) is 10.3. The summed E-state index contributed by atoms with van der Waals surface area (Å²) in [6, 6.07) is 9.42. The Morgan fingerprint density at radius 2 is 1.61 bits per heavy atom. The molecule has 0 bridgehead atoms. The van der Waals surface area contributed by atoms with Crippen LogP contribution in [0.15, 0.2) is 39.3 Å². The lowest BCUT2D eigenvalue weighted by molar-refractivity contribution is -0.125. The van der Waals surface area contributed by atoms with Crippen LogP contribution in [-0.4, -0.2) is 29.4 Å². The number of hydrogen-bond donors (Lipinski definition) is 4. The van der Waals surface area contributed by atoms with Crippen LogP contribution in [0.5, 0.6) is 5.75 Å². The first-order chi connectivity index (χ1) is 15.5. The van der Waals surface area contributed by atoms with Crippen molar-refractivity contribution < 1.29 is 19.1 Å². The summed E-state index contributed by atoms with van der Waals surface area (Å²) in [6.07, 6.45) is -0.0600. The second-order valence-electron chi connectivity index (χ2n) is 7.24. The number of hydrazine groups is 1. The molecule has 2 aromatic carbocycles. The Balaban J connectivity index is 1.69. The lowest BCUT2D eigenvalue weighted by Crippen LogP contribution is -2.49. The topological polar surface area (TPSA) is 109 Å². The normalized spacial score (nSPS) is 10.2. The highest BCUT2D eigenvalue weighted by atomic mass is 79.9. The van der Waals surface area contributed by atoms with E-state index in [1.807, 2.05) is 51.1 Å². The number of aryl methyl sites for hydroxylation is 3. The highest BCUT2D eigenvalue weighted by Crippen LogP contribution is 2.32. The molecule has 4 N–H and O–H groups in total. The van der Waals surface area contributed by atoms with E-state index in [1.54, 1.807) is 0 Å². The molecule has 33 heavy (non-hydrogen) atoms. The van der Waals surface area contributed by atoms with Crippen LogP contribution >= 0.6 is 44.1 Å². The molecular weight excluding hydrogens is 576 g/mol. The van der Waals surface area contributed by atoms with E-state index >= 15 is 0 Å². The summed E-state index contributed by atoms with van der Waals surface area (Å²) in [4.78, 5) is 36.1. The van der Waals surface area contributed by atoms with Gasteiger partial charge in [0.05, 0.1) is 4.47 Å². The van der Waals surface area contributed by atoms with Gasteiger partial charge in [-0.2, -0.15) is 0 Å². The van der Waals surface area contributed by atoms with Crippen molar-refractivity contribution in [3.63, 3.8) is 0 Å². The van der Waals surface area contributed by atoms with Crippen molar-refractivity contribution in [2.24, 2.45) is 0 Å². The molecule has 8 nitrogen and oxygen atoms in total. The van der Waals surface area contributed by atoms with Gasteiger partial charge in [0, 0.05) is 23.0 Å². The Hall–Kier alpha value is -2.50. The predicted molar refractivity (Wildman–Crippen MR) is 138 cm³/mol. The highest BCUT2D eigenvalue weighted by molar-refractivity contribution is 9.11. The van der Waals surface area contributed by atoms with Crippen molar-refractivity contribution in [3.05, 3.63) is 56.0 Å². The van der Waals surface area contributed by atoms with E-state index in [1.165, 1.54) is 0 Å². The molecule has 0 aromatic heterocycles. The Bertz CT molecular complexity index is 1060. The van der Waals surface area contributed by atoms with Gasteiger partial charge in [-0.05, 0) is 83.8 Å². The maximum absolute atomic E-state index is 12.1. The monoisotopic (exact) mass is 598 g/mol. The van der Waals surface area contributed by atoms with Crippen LogP contribution in [0.4, 0.5) is 5.69 Å². The molecule has 11 heteroatoms. The van der Waals surface area contributed by atoms with Gasteiger partial charge >= 0.3 is 0 Å². The predicted octanol–water partition coefficient (Wildman–Crippen LogP) is 3.96. The first-order valence-corrected chi connectivity index (χ1v) is 11.9. The van der Waals surface area contributed by atoms with Crippen LogP contribution in [0.3, 0.4) is 0 Å². The number of anilines is 1. The average molecular weight is 600 g/mol. The third kappa shape index (κ3) is 9.10. The van der Waals surface area contributed by atoms with Gasteiger partial charge in [-0.25, -0.2) is 0 Å². The van der Waals surface area contributed by atoms with Crippen LogP contribution in [-0.2, 0) is 14.4 Å². The number of hydrogen-bond acceptors (Lipinski definition) is 5. The fourth-order valence-electron chi connectivity index (χ4n) is 2.70. The van der Waals surface area contributed by atoms with Crippen molar-refractivity contribution in [3.8, 4) is 5.75 Å². The molecule has 0 heterocycles. The molecule has 0 atom stereocenters. The zero-order chi connectivity index (χ0) is 24.5. The van der Waals surface area contributed by atoms with Crippen LogP contribution in [0.1, 0.15) is 29.5 Å². The van der Waals surface area contributed by atoms with Crippen LogP contribution in [0.25, 0.3) is 0 Å². The SMILES string of the molecule is Cc1ccc(C)c(NC(=O)CCC(=O)NNC(=S)NC(=O)COc2c(C)cc(Br)cc2Br)c1. The van der Waals surface area contributed by atoms with E-state index in [-0.39, 0.29) is 30.5 Å². The molecule has 0 fully saturated rings. The number of rotatable bonds is 7. The molecule has 0 saturated heterocycles. The van der Waals surface area contributed by atoms with Gasteiger partial charge < -0.3 is 10.1 Å². The number of carbonyl (C=O) groups is 3. The van der Waals surface area contributed by atoms with E-state index in [4.69, 9.17) is 17.0 Å². The lowest BCUT2D eigenvalue weighted by atomic mass is 10.1. The molecule has 0 saturated carbocycles. The molecule has 2 aromatic rings. The van der Waals surface area contributed by atoms with Gasteiger partial charge in [0.2, 0.25) is 11.8 Å². The molecule has 0 radical (unpaired) electrons. The number of benzene rings is 2. The summed E-state index contributed by atoms with van der Waals surface area (Å²) < 4.78 is 7.13. The molecular formula is C22H24Br2N4O4S. The summed E-state index contributed by atoms with van der Waals surface area (Å²) in [5, 5.41) is 5.10. The third-order valence-electron chi connectivity index (χ3n) is 4.36. The Labute approximate surface area is 214 Å². The minimum absolute atomic E-state index is 0.00469. The molecule has 176 valence electrons. The number of nitrogens with one attached hydrogen (secondary N) is 4. The summed E-state index contributed by atoms with van der Waals surface area (Å²) >= 11 is 11.8. The van der Waals surface area contributed by atoms with Crippen LogP contribution in [0, 0.1) is 20.8 Å². The summed E-state index contributed by atoms with van der Waals surface area (Å²) in [5.41, 5.74) is 8.30. The van der Waals surface area contributed by atoms with E-state index in [0.717, 1.165) is 26.9 Å².